The van der Waals surface area contributed by atoms with Gasteiger partial charge in [0.1, 0.15) is 0 Å². The van der Waals surface area contributed by atoms with Crippen LogP contribution in [0.1, 0.15) is 181 Å². The number of unbranched alkanes of at least 4 members (excludes halogenated alkanes) is 22. The molecule has 0 aromatic rings. The standard InChI is InChI=1S/C32H68N/c1-6-8-10-12-14-16-18-20-22-24-26-28-30-32(33(3,4)5)31-29-27-25-23-21-19-17-15-13-11-9-7-2/h32H,6-31H2,1-5H3/q+1. The molecule has 0 aromatic carbocycles. The quantitative estimate of drug-likeness (QED) is 0.0833. The summed E-state index contributed by atoms with van der Waals surface area (Å²) in [6.45, 7) is 4.62. The zero-order chi connectivity index (χ0) is 24.5. The van der Waals surface area contributed by atoms with Crippen LogP contribution in [-0.4, -0.2) is 31.7 Å². The molecule has 0 aliphatic carbocycles. The third-order valence-corrected chi connectivity index (χ3v) is 7.88. The van der Waals surface area contributed by atoms with Crippen LogP contribution in [-0.2, 0) is 0 Å². The van der Waals surface area contributed by atoms with Crippen LogP contribution in [0.15, 0.2) is 0 Å². The molecule has 0 aliphatic heterocycles. The zero-order valence-corrected chi connectivity index (χ0v) is 24.4. The fraction of sp³-hybridized carbons (Fsp3) is 1.00. The van der Waals surface area contributed by atoms with Crippen molar-refractivity contribution >= 4 is 0 Å². The molecule has 0 atom stereocenters. The maximum atomic E-state index is 2.42. The number of quaternary nitrogens is 1. The lowest BCUT2D eigenvalue weighted by Gasteiger charge is -2.34. The molecule has 0 fully saturated rings. The minimum atomic E-state index is 0.872. The average Bonchev–Trinajstić information content (AvgIpc) is 2.78. The SMILES string of the molecule is CCCCCCCCCCCCCCC(CCCCCCCCCCCCCC)[N+](C)(C)C. The molecule has 0 radical (unpaired) electrons. The third-order valence-electron chi connectivity index (χ3n) is 7.88. The van der Waals surface area contributed by atoms with Crippen molar-refractivity contribution in [3.8, 4) is 0 Å². The number of nitrogens with zero attached hydrogens (tertiary/aromatic N) is 1. The Morgan fingerprint density at radius 2 is 0.545 bits per heavy atom. The highest BCUT2D eigenvalue weighted by Gasteiger charge is 2.22. The summed E-state index contributed by atoms with van der Waals surface area (Å²) in [6.07, 6.45) is 37.9. The van der Waals surface area contributed by atoms with Crippen molar-refractivity contribution in [3.63, 3.8) is 0 Å². The molecule has 0 bridgehead atoms. The van der Waals surface area contributed by atoms with Crippen LogP contribution in [0.5, 0.6) is 0 Å². The molecule has 0 heterocycles. The molecule has 0 saturated heterocycles. The minimum absolute atomic E-state index is 0.872. The summed E-state index contributed by atoms with van der Waals surface area (Å²) in [5, 5.41) is 0. The second-order valence-electron chi connectivity index (χ2n) is 12.1. The van der Waals surface area contributed by atoms with Crippen LogP contribution in [0.4, 0.5) is 0 Å². The van der Waals surface area contributed by atoms with Crippen LogP contribution in [0.25, 0.3) is 0 Å². The van der Waals surface area contributed by atoms with E-state index in [-0.39, 0.29) is 0 Å². The van der Waals surface area contributed by atoms with Crippen LogP contribution in [0, 0.1) is 0 Å². The van der Waals surface area contributed by atoms with E-state index in [1.54, 1.807) is 0 Å². The van der Waals surface area contributed by atoms with Crippen molar-refractivity contribution in [3.05, 3.63) is 0 Å². The van der Waals surface area contributed by atoms with E-state index in [1.807, 2.05) is 0 Å². The summed E-state index contributed by atoms with van der Waals surface area (Å²) in [7, 11) is 7.27. The lowest BCUT2D eigenvalue weighted by molar-refractivity contribution is -0.896. The Morgan fingerprint density at radius 1 is 0.333 bits per heavy atom. The summed E-state index contributed by atoms with van der Waals surface area (Å²) in [5.74, 6) is 0. The summed E-state index contributed by atoms with van der Waals surface area (Å²) >= 11 is 0. The minimum Gasteiger partial charge on any atom is -0.328 e. The van der Waals surface area contributed by atoms with E-state index in [0.717, 1.165) is 10.5 Å². The van der Waals surface area contributed by atoms with Crippen molar-refractivity contribution in [2.45, 2.75) is 187 Å². The summed E-state index contributed by atoms with van der Waals surface area (Å²) in [5.41, 5.74) is 0. The van der Waals surface area contributed by atoms with E-state index < -0.39 is 0 Å². The zero-order valence-electron chi connectivity index (χ0n) is 24.4. The van der Waals surface area contributed by atoms with Gasteiger partial charge in [-0.25, -0.2) is 0 Å². The largest absolute Gasteiger partial charge is 0.328 e. The normalized spacial score (nSPS) is 12.2. The van der Waals surface area contributed by atoms with E-state index in [4.69, 9.17) is 0 Å². The molecule has 0 aliphatic rings. The highest BCUT2D eigenvalue weighted by molar-refractivity contribution is 4.60. The van der Waals surface area contributed by atoms with Crippen molar-refractivity contribution in [2.75, 3.05) is 21.1 Å². The second kappa shape index (κ2) is 25.1. The molecule has 0 aromatic heterocycles. The summed E-state index contributed by atoms with van der Waals surface area (Å²) < 4.78 is 1.16. The van der Waals surface area contributed by atoms with E-state index >= 15 is 0 Å². The van der Waals surface area contributed by atoms with Gasteiger partial charge in [0.15, 0.2) is 0 Å². The second-order valence-corrected chi connectivity index (χ2v) is 12.1. The lowest BCUT2D eigenvalue weighted by atomic mass is 9.97. The molecule has 0 rings (SSSR count). The van der Waals surface area contributed by atoms with Gasteiger partial charge >= 0.3 is 0 Å². The molecule has 1 nitrogen and oxygen atoms in total. The van der Waals surface area contributed by atoms with Crippen LogP contribution in [0.3, 0.4) is 0 Å². The molecule has 0 saturated carbocycles. The predicted octanol–water partition coefficient (Wildman–Crippen LogP) is 11.2. The Bertz CT molecular complexity index is 328. The van der Waals surface area contributed by atoms with Gasteiger partial charge in [0.2, 0.25) is 0 Å². The number of hydrogen-bond donors (Lipinski definition) is 0. The predicted molar refractivity (Wildman–Crippen MR) is 153 cm³/mol. The molecular formula is C32H68N+. The Hall–Kier alpha value is -0.0400. The Labute approximate surface area is 212 Å². The maximum Gasteiger partial charge on any atom is 0.0884 e. The van der Waals surface area contributed by atoms with Crippen LogP contribution >= 0.6 is 0 Å². The molecule has 0 unspecified atom stereocenters. The van der Waals surface area contributed by atoms with E-state index in [0.29, 0.717) is 0 Å². The monoisotopic (exact) mass is 467 g/mol. The average molecular weight is 467 g/mol. The Kier molecular flexibility index (Phi) is 25.0. The fourth-order valence-electron chi connectivity index (χ4n) is 5.36. The van der Waals surface area contributed by atoms with Gasteiger partial charge in [-0.2, -0.15) is 0 Å². The van der Waals surface area contributed by atoms with Crippen LogP contribution < -0.4 is 0 Å². The topological polar surface area (TPSA) is 0 Å². The number of hydrogen-bond acceptors (Lipinski definition) is 0. The van der Waals surface area contributed by atoms with Gasteiger partial charge < -0.3 is 4.48 Å². The molecule has 1 heteroatoms. The molecular weight excluding hydrogens is 398 g/mol. The van der Waals surface area contributed by atoms with Gasteiger partial charge in [0.05, 0.1) is 27.2 Å². The van der Waals surface area contributed by atoms with E-state index in [2.05, 4.69) is 35.0 Å². The van der Waals surface area contributed by atoms with Crippen molar-refractivity contribution in [1.29, 1.82) is 0 Å². The molecule has 0 N–H and O–H groups in total. The Balaban J connectivity index is 3.56. The first kappa shape index (κ1) is 33.0. The van der Waals surface area contributed by atoms with Gasteiger partial charge in [-0.15, -0.1) is 0 Å². The van der Waals surface area contributed by atoms with Gasteiger partial charge in [0, 0.05) is 0 Å². The molecule has 200 valence electrons. The Morgan fingerprint density at radius 3 is 0.758 bits per heavy atom. The summed E-state index contributed by atoms with van der Waals surface area (Å²) in [6, 6.07) is 0.872. The highest BCUT2D eigenvalue weighted by Crippen LogP contribution is 2.21. The summed E-state index contributed by atoms with van der Waals surface area (Å²) in [4.78, 5) is 0. The smallest absolute Gasteiger partial charge is 0.0884 e. The van der Waals surface area contributed by atoms with Crippen LogP contribution in [0.2, 0.25) is 0 Å². The highest BCUT2D eigenvalue weighted by atomic mass is 15.3. The first-order valence-corrected chi connectivity index (χ1v) is 15.8. The fourth-order valence-corrected chi connectivity index (χ4v) is 5.36. The van der Waals surface area contributed by atoms with Crippen molar-refractivity contribution in [1.82, 2.24) is 0 Å². The van der Waals surface area contributed by atoms with E-state index in [1.165, 1.54) is 167 Å². The van der Waals surface area contributed by atoms with Crippen molar-refractivity contribution < 1.29 is 4.48 Å². The van der Waals surface area contributed by atoms with Gasteiger partial charge in [-0.1, -0.05) is 155 Å². The molecule has 0 spiro atoms. The first-order chi connectivity index (χ1) is 16.0. The molecule has 33 heavy (non-hydrogen) atoms. The van der Waals surface area contributed by atoms with Gasteiger partial charge in [-0.3, -0.25) is 0 Å². The van der Waals surface area contributed by atoms with Gasteiger partial charge in [-0.05, 0) is 25.7 Å². The molecule has 0 amide bonds. The van der Waals surface area contributed by atoms with E-state index in [9.17, 15) is 0 Å². The van der Waals surface area contributed by atoms with Crippen molar-refractivity contribution in [2.24, 2.45) is 0 Å². The maximum absolute atomic E-state index is 2.42. The third kappa shape index (κ3) is 24.9. The first-order valence-electron chi connectivity index (χ1n) is 15.8. The number of rotatable bonds is 27. The van der Waals surface area contributed by atoms with Gasteiger partial charge in [0.25, 0.3) is 0 Å². The lowest BCUT2D eigenvalue weighted by Crippen LogP contribution is -2.45.